The van der Waals surface area contributed by atoms with Gasteiger partial charge in [-0.15, -0.1) is 0 Å². The molecule has 36 nitrogen and oxygen atoms in total. The van der Waals surface area contributed by atoms with Gasteiger partial charge in [0.2, 0.25) is 29.7 Å². The summed E-state index contributed by atoms with van der Waals surface area (Å²) in [4.78, 5) is 156. The van der Waals surface area contributed by atoms with Gasteiger partial charge in [0.15, 0.2) is 17.3 Å². The van der Waals surface area contributed by atoms with Crippen LogP contribution in [0.4, 0.5) is 17.8 Å². The molecule has 3 aromatic carbocycles. The number of carbonyl (C=O) groups is 6. The number of allylic oxidation sites excluding steroid dienone is 3. The van der Waals surface area contributed by atoms with E-state index in [1.54, 1.807) is 90.3 Å². The number of aryl methyl sites for hydroxylation is 3. The molecule has 3 amide bonds. The number of halogens is 6. The number of ether oxygens (including phenoxy) is 9. The second kappa shape index (κ2) is 49.7. The van der Waals surface area contributed by atoms with Crippen LogP contribution in [0.5, 0.6) is 34.5 Å². The minimum absolute atomic E-state index is 0.0272. The molecule has 15 rings (SSSR count). The molecule has 7 atom stereocenters. The summed E-state index contributed by atoms with van der Waals surface area (Å²) in [5.41, 5.74) is 1.73. The number of methoxy groups -OCH3 is 6. The summed E-state index contributed by atoms with van der Waals surface area (Å²) in [5.74, 6) is 7.22. The zero-order chi connectivity index (χ0) is 102. The molecule has 0 aliphatic carbocycles. The lowest BCUT2D eigenvalue weighted by molar-refractivity contribution is -0.129. The first kappa shape index (κ1) is 107. The van der Waals surface area contributed by atoms with E-state index < -0.39 is 0 Å². The molecular weight excluding hydrogens is 1950 g/mol. The van der Waals surface area contributed by atoms with Crippen molar-refractivity contribution >= 4 is 156 Å². The maximum absolute atomic E-state index is 14.4. The Hall–Kier alpha value is -12.1. The largest absolute Gasteiger partial charge is 0.495 e. The molecule has 6 aliphatic heterocycles. The summed E-state index contributed by atoms with van der Waals surface area (Å²) in [6.45, 7) is 31.4. The molecule has 9 aromatic rings. The fourth-order valence-electron chi connectivity index (χ4n) is 18.1. The smallest absolute Gasteiger partial charge is 0.298 e. The Bertz CT molecular complexity index is 6470. The fourth-order valence-corrected chi connectivity index (χ4v) is 20.2. The van der Waals surface area contributed by atoms with Crippen LogP contribution >= 0.6 is 69.6 Å². The molecule has 42 heteroatoms. The second-order valence-electron chi connectivity index (χ2n) is 34.6. The summed E-state index contributed by atoms with van der Waals surface area (Å²) >= 11 is 40.5. The number of rotatable bonds is 37. The number of ketones is 3. The standard InChI is InChI=1S/C34H38Cl2N6O6.2C33H38Cl2N6O6/c1-5-8-28(44)41-13-11-40(12-14-41)9-7-10-42-32-21(18-37-34(39-32)38-25-20-48-19-22(25)15-23(43)6-2)16-24(33(42)45)29-30(35)26(46-3)17-27(47-4)31(29)36;1-6-22(42)12-20-17-47-18-24(20)37-33-36-15-19-13-23(28-29(34)25(45-4)14-26(46-5)30(28)35)32(44)41(31(19)38-33)9-8-21-16-40(27(43)7-2)11-10-39(21)3;1-5-22(42)14-21-18-47-19-24(21)37-33-36-17-20-15-23(28-29(34)25(45-3)16-26(46-4)30(28)35)32(44)41(31(20)38-33)9-7-8-39-10-12-40(13-11-39)27(43)6-2/h6,16-18,22,25H,2,7,9-15,19-20H2,1,3-4H3,(H,37,38,39);6-7,13-15,20-21,24H,1-2,8-12,16-18H2,3-5H3,(H,36,37,38);5-6,15-17,21,24H,1-2,7-14,18-19H2,3-4H3,(H,36,37,38)/t22-,25+;20-,21?,24+;21-,24+/m000/s1. The second-order valence-corrected chi connectivity index (χ2v) is 36.8. The number of piperazine rings is 3. The lowest BCUT2D eigenvalue weighted by Gasteiger charge is -2.39. The van der Waals surface area contributed by atoms with Gasteiger partial charge in [-0.05, 0) is 101 Å². The Kier molecular flexibility index (Phi) is 37.6. The van der Waals surface area contributed by atoms with Crippen molar-refractivity contribution in [2.45, 2.75) is 89.3 Å². The van der Waals surface area contributed by atoms with Crippen molar-refractivity contribution in [2.24, 2.45) is 17.8 Å². The summed E-state index contributed by atoms with van der Waals surface area (Å²) in [6.07, 6.45) is 14.2. The Morgan fingerprint density at radius 2 is 0.725 bits per heavy atom. The van der Waals surface area contributed by atoms with E-state index in [0.29, 0.717) is 242 Å². The minimum atomic E-state index is -0.377. The van der Waals surface area contributed by atoms with E-state index in [1.165, 1.54) is 73.0 Å². The zero-order valence-electron chi connectivity index (χ0n) is 80.3. The fraction of sp³-hybridized carbons (Fsp3) is 0.430. The van der Waals surface area contributed by atoms with Crippen LogP contribution in [0, 0.1) is 29.6 Å². The van der Waals surface area contributed by atoms with E-state index >= 15 is 0 Å². The highest BCUT2D eigenvalue weighted by Gasteiger charge is 2.37. The third kappa shape index (κ3) is 24.9. The number of fused-ring (bicyclic) bond motifs is 3. The number of carbonyl (C=O) groups excluding carboxylic acids is 6. The Morgan fingerprint density at radius 1 is 0.415 bits per heavy atom. The Labute approximate surface area is 851 Å². The van der Waals surface area contributed by atoms with Gasteiger partial charge >= 0.3 is 0 Å². The number of benzene rings is 3. The molecule has 12 heterocycles. The highest BCUT2D eigenvalue weighted by atomic mass is 35.5. The van der Waals surface area contributed by atoms with Gasteiger partial charge in [0.1, 0.15) is 51.4 Å². The van der Waals surface area contributed by atoms with Crippen molar-refractivity contribution in [3.63, 3.8) is 0 Å². The molecule has 6 aliphatic rings. The first-order valence-corrected chi connectivity index (χ1v) is 48.4. The first-order valence-electron chi connectivity index (χ1n) is 46.2. The number of likely N-dealkylation sites (N-methyl/N-ethyl adjacent to an activating group) is 1. The van der Waals surface area contributed by atoms with Crippen molar-refractivity contribution in [1.82, 2.24) is 73.0 Å². The van der Waals surface area contributed by atoms with Crippen molar-refractivity contribution < 1.29 is 71.4 Å². The van der Waals surface area contributed by atoms with Crippen molar-refractivity contribution in [1.29, 1.82) is 0 Å². The predicted molar refractivity (Wildman–Crippen MR) is 548 cm³/mol. The van der Waals surface area contributed by atoms with Crippen molar-refractivity contribution in [3.05, 3.63) is 179 Å². The number of nitrogens with zero attached hydrogens (tertiary/aromatic N) is 15. The van der Waals surface area contributed by atoms with Crippen LogP contribution < -0.4 is 61.0 Å². The van der Waals surface area contributed by atoms with E-state index in [-0.39, 0.29) is 170 Å². The quantitative estimate of drug-likeness (QED) is 0.0240. The van der Waals surface area contributed by atoms with Crippen molar-refractivity contribution in [2.75, 3.05) is 190 Å². The zero-order valence-corrected chi connectivity index (χ0v) is 84.8. The molecule has 142 heavy (non-hydrogen) atoms. The van der Waals surface area contributed by atoms with Gasteiger partial charge in [-0.25, -0.2) is 15.0 Å². The SMILES string of the molecule is C=CC(=O)C[C@H]1COC[C@H]1Nc1ncc2cc(-c3c(Cl)c(OC)cc(OC)c3Cl)c(=O)n(CCC3CN(C(=O)C=C)CCN3C)c2n1.C=CC(=O)C[C@H]1COC[C@H]1Nc1ncc2cc(-c3c(Cl)c(OC)cc(OC)c3Cl)c(=O)n(CCCN3CCN(C(=O)C#CC)CC3)c2n1.C=CC(=O)C[C@H]1COC[C@H]1Nc1ncc2cc(-c3c(Cl)c(OC)cc(OC)c3Cl)c(=O)n(CCCN3CCN(C(=O)C=C)CC3)c2n1. The van der Waals surface area contributed by atoms with Crippen LogP contribution in [-0.2, 0) is 62.6 Å². The van der Waals surface area contributed by atoms with Gasteiger partial charge in [-0.1, -0.05) is 108 Å². The maximum atomic E-state index is 14.4. The third-order valence-electron chi connectivity index (χ3n) is 26.0. The molecule has 0 radical (unpaired) electrons. The molecule has 0 bridgehead atoms. The Balaban J connectivity index is 0.000000179. The van der Waals surface area contributed by atoms with Crippen LogP contribution in [0.2, 0.25) is 30.1 Å². The van der Waals surface area contributed by atoms with Gasteiger partial charge in [0, 0.05) is 204 Å². The number of amides is 3. The average molecular weight is 2070 g/mol. The van der Waals surface area contributed by atoms with Crippen LogP contribution in [0.1, 0.15) is 45.4 Å². The van der Waals surface area contributed by atoms with Gasteiger partial charge in [0.25, 0.3) is 22.6 Å². The normalized spacial score (nSPS) is 18.7. The number of pyridine rings is 3. The Morgan fingerprint density at radius 3 is 1.04 bits per heavy atom. The number of aromatic nitrogens is 9. The molecule has 6 fully saturated rings. The molecule has 6 saturated heterocycles. The summed E-state index contributed by atoms with van der Waals surface area (Å²) in [5, 5.41) is 12.7. The number of nitrogens with one attached hydrogen (secondary N) is 3. The average Bonchev–Trinajstić information content (AvgIpc) is 1.04. The van der Waals surface area contributed by atoms with Crippen LogP contribution in [-0.4, -0.2) is 307 Å². The minimum Gasteiger partial charge on any atom is -0.495 e. The number of anilines is 3. The highest BCUT2D eigenvalue weighted by Crippen LogP contribution is 2.49. The van der Waals surface area contributed by atoms with Crippen LogP contribution in [0.15, 0.2) is 133 Å². The maximum Gasteiger partial charge on any atom is 0.298 e. The highest BCUT2D eigenvalue weighted by molar-refractivity contribution is 6.43. The van der Waals surface area contributed by atoms with Crippen molar-refractivity contribution in [3.8, 4) is 79.7 Å². The van der Waals surface area contributed by atoms with Gasteiger partial charge in [0.05, 0.1) is 147 Å². The summed E-state index contributed by atoms with van der Waals surface area (Å²) < 4.78 is 54.5. The molecule has 6 aromatic heterocycles. The molecule has 0 spiro atoms. The van der Waals surface area contributed by atoms with Gasteiger partial charge in [-0.3, -0.25) is 71.6 Å². The topological polar surface area (TPSA) is 384 Å². The molecular formula is C100H114Cl6N18O18. The lowest BCUT2D eigenvalue weighted by Crippen LogP contribution is -2.53. The lowest BCUT2D eigenvalue weighted by atomic mass is 9.97. The number of hydrogen-bond acceptors (Lipinski definition) is 30. The van der Waals surface area contributed by atoms with E-state index in [9.17, 15) is 43.2 Å². The van der Waals surface area contributed by atoms with E-state index in [4.69, 9.17) is 127 Å². The van der Waals surface area contributed by atoms with E-state index in [1.807, 2.05) is 7.05 Å². The van der Waals surface area contributed by atoms with Gasteiger partial charge < -0.3 is 73.3 Å². The molecule has 1 unspecified atom stereocenters. The predicted octanol–water partition coefficient (Wildman–Crippen LogP) is 12.1. The molecule has 754 valence electrons. The third-order valence-corrected chi connectivity index (χ3v) is 28.3. The van der Waals surface area contributed by atoms with Gasteiger partial charge in [-0.2, -0.15) is 15.0 Å². The summed E-state index contributed by atoms with van der Waals surface area (Å²) in [6, 6.07) is 9.08. The molecule has 3 N–H and O–H groups in total. The number of hydrogen-bond donors (Lipinski definition) is 3. The van der Waals surface area contributed by atoms with E-state index in [0.717, 1.165) is 13.1 Å². The monoisotopic (exact) mass is 2060 g/mol. The summed E-state index contributed by atoms with van der Waals surface area (Å²) in [7, 11) is 10.8. The molecule has 0 saturated carbocycles. The first-order chi connectivity index (χ1) is 68.5. The van der Waals surface area contributed by atoms with E-state index in [2.05, 4.69) is 90.3 Å². The van der Waals surface area contributed by atoms with Crippen LogP contribution in [0.25, 0.3) is 66.5 Å². The van der Waals surface area contributed by atoms with Crippen LogP contribution in [0.3, 0.4) is 0 Å².